The number of thiocarbonyl (C=S) groups is 1. The number of halogens is 1. The Balaban J connectivity index is 1.89. The molecule has 3 nitrogen and oxygen atoms in total. The lowest BCUT2D eigenvalue weighted by Crippen LogP contribution is -2.53. The molecule has 0 saturated carbocycles. The van der Waals surface area contributed by atoms with Crippen molar-refractivity contribution >= 4 is 49.9 Å². The number of hydrogen-bond donors (Lipinski definition) is 2. The van der Waals surface area contributed by atoms with Gasteiger partial charge in [0.25, 0.3) is 0 Å². The van der Waals surface area contributed by atoms with Crippen LogP contribution in [-0.2, 0) is 4.43 Å². The highest BCUT2D eigenvalue weighted by Gasteiger charge is 2.40. The second-order valence-electron chi connectivity index (χ2n) is 10.6. The Labute approximate surface area is 223 Å². The average molecular weight is 541 g/mol. The molecule has 0 radical (unpaired) electrons. The van der Waals surface area contributed by atoms with Crippen molar-refractivity contribution in [3.8, 4) is 0 Å². The van der Waals surface area contributed by atoms with Gasteiger partial charge in [-0.15, -0.1) is 0 Å². The van der Waals surface area contributed by atoms with Gasteiger partial charge >= 0.3 is 0 Å². The van der Waals surface area contributed by atoms with Crippen LogP contribution in [0.15, 0.2) is 84.9 Å². The summed E-state index contributed by atoms with van der Waals surface area (Å²) in [4.78, 5) is 0. The van der Waals surface area contributed by atoms with Crippen molar-refractivity contribution in [2.24, 2.45) is 0 Å². The van der Waals surface area contributed by atoms with E-state index in [0.717, 1.165) is 11.8 Å². The number of anilines is 1. The lowest BCUT2D eigenvalue weighted by atomic mass is 10.2. The van der Waals surface area contributed by atoms with Crippen molar-refractivity contribution < 1.29 is 8.82 Å². The third kappa shape index (κ3) is 7.94. The van der Waals surface area contributed by atoms with Gasteiger partial charge in [0, 0.05) is 5.69 Å². The van der Waals surface area contributed by atoms with Crippen LogP contribution in [0.3, 0.4) is 0 Å². The topological polar surface area (TPSA) is 33.3 Å². The smallest absolute Gasteiger partial charge is 0.192 e. The Morgan fingerprint density at radius 1 is 0.917 bits per heavy atom. The summed E-state index contributed by atoms with van der Waals surface area (Å²) in [5.41, 5.74) is 0.749. The third-order valence-corrected chi connectivity index (χ3v) is 14.2. The summed E-state index contributed by atoms with van der Waals surface area (Å²) in [6.07, 6.45) is 0.806. The Hall–Kier alpha value is -2.11. The van der Waals surface area contributed by atoms with Crippen LogP contribution in [0.1, 0.15) is 27.7 Å². The fraction of sp³-hybridized carbons (Fsp3) is 0.345. The van der Waals surface area contributed by atoms with Crippen molar-refractivity contribution in [2.45, 2.75) is 58.0 Å². The molecule has 0 saturated heterocycles. The van der Waals surface area contributed by atoms with Crippen LogP contribution in [0.4, 0.5) is 10.1 Å². The minimum absolute atomic E-state index is 0.0221. The fourth-order valence-electron chi connectivity index (χ4n) is 3.68. The van der Waals surface area contributed by atoms with E-state index in [0.29, 0.717) is 5.11 Å². The van der Waals surface area contributed by atoms with Crippen LogP contribution in [0.2, 0.25) is 18.1 Å². The molecule has 3 aromatic rings. The SMILES string of the molecule is C[C@@H](O[Si](C)(C)C(C)(C)C)[C@@H](CP(c1ccccc1)c1ccccc1)NC(=S)Nc1ccc(F)cc1. The lowest BCUT2D eigenvalue weighted by Gasteiger charge is -2.41. The molecule has 0 amide bonds. The van der Waals surface area contributed by atoms with Crippen LogP contribution in [0.5, 0.6) is 0 Å². The Morgan fingerprint density at radius 3 is 1.89 bits per heavy atom. The minimum Gasteiger partial charge on any atom is -0.412 e. The van der Waals surface area contributed by atoms with Gasteiger partial charge in [-0.2, -0.15) is 0 Å². The van der Waals surface area contributed by atoms with E-state index in [9.17, 15) is 4.39 Å². The molecule has 0 spiro atoms. The molecule has 3 aromatic carbocycles. The zero-order chi connectivity index (χ0) is 26.3. The molecule has 3 rings (SSSR count). The summed E-state index contributed by atoms with van der Waals surface area (Å²) in [5, 5.41) is 10.0. The molecule has 7 heteroatoms. The molecule has 0 bridgehead atoms. The molecular weight excluding hydrogens is 502 g/mol. The largest absolute Gasteiger partial charge is 0.412 e. The first kappa shape index (κ1) is 28.5. The van der Waals surface area contributed by atoms with E-state index < -0.39 is 16.2 Å². The van der Waals surface area contributed by atoms with Gasteiger partial charge in [0.05, 0.1) is 12.1 Å². The summed E-state index contributed by atoms with van der Waals surface area (Å²) in [6, 6.07) is 27.6. The lowest BCUT2D eigenvalue weighted by molar-refractivity contribution is 0.170. The first-order valence-corrected chi connectivity index (χ1v) is 17.2. The number of nitrogens with one attached hydrogen (secondary N) is 2. The Kier molecular flexibility index (Phi) is 9.82. The summed E-state index contributed by atoms with van der Waals surface area (Å²) >= 11 is 5.71. The number of benzene rings is 3. The molecule has 0 aromatic heterocycles. The monoisotopic (exact) mass is 540 g/mol. The molecule has 0 aliphatic heterocycles. The van der Waals surface area contributed by atoms with Crippen molar-refractivity contribution in [3.05, 3.63) is 90.7 Å². The summed E-state index contributed by atoms with van der Waals surface area (Å²) in [5.74, 6) is -0.273. The van der Waals surface area contributed by atoms with E-state index in [-0.39, 0.29) is 23.0 Å². The highest BCUT2D eigenvalue weighted by Crippen LogP contribution is 2.39. The van der Waals surface area contributed by atoms with Gasteiger partial charge in [0.1, 0.15) is 5.82 Å². The van der Waals surface area contributed by atoms with E-state index in [1.807, 2.05) is 0 Å². The molecular formula is C29H38FN2OPSSi. The maximum Gasteiger partial charge on any atom is 0.192 e. The van der Waals surface area contributed by atoms with E-state index in [1.54, 1.807) is 12.1 Å². The minimum atomic E-state index is -2.01. The molecule has 0 fully saturated rings. The van der Waals surface area contributed by atoms with Crippen LogP contribution in [0, 0.1) is 5.82 Å². The van der Waals surface area contributed by atoms with Gasteiger partial charge in [0.15, 0.2) is 13.4 Å². The van der Waals surface area contributed by atoms with Crippen LogP contribution >= 0.6 is 20.1 Å². The van der Waals surface area contributed by atoms with Crippen molar-refractivity contribution in [3.63, 3.8) is 0 Å². The van der Waals surface area contributed by atoms with Crippen LogP contribution in [-0.4, -0.2) is 31.7 Å². The molecule has 2 N–H and O–H groups in total. The van der Waals surface area contributed by atoms with Crippen LogP contribution in [0.25, 0.3) is 0 Å². The second-order valence-corrected chi connectivity index (χ2v) is 18.0. The second kappa shape index (κ2) is 12.4. The Bertz CT molecular complexity index is 1070. The van der Waals surface area contributed by atoms with E-state index in [4.69, 9.17) is 16.6 Å². The summed E-state index contributed by atoms with van der Waals surface area (Å²) in [6.45, 7) is 13.5. The third-order valence-electron chi connectivity index (χ3n) is 6.79. The highest BCUT2D eigenvalue weighted by molar-refractivity contribution is 7.80. The van der Waals surface area contributed by atoms with Crippen molar-refractivity contribution in [2.75, 3.05) is 11.5 Å². The van der Waals surface area contributed by atoms with Gasteiger partial charge in [-0.25, -0.2) is 4.39 Å². The number of rotatable bonds is 9. The molecule has 0 aliphatic rings. The molecule has 2 atom stereocenters. The zero-order valence-corrected chi connectivity index (χ0v) is 24.8. The average Bonchev–Trinajstić information content (AvgIpc) is 2.83. The fourth-order valence-corrected chi connectivity index (χ4v) is 7.96. The van der Waals surface area contributed by atoms with Crippen molar-refractivity contribution in [1.29, 1.82) is 0 Å². The maximum atomic E-state index is 13.4. The zero-order valence-electron chi connectivity index (χ0n) is 22.1. The van der Waals surface area contributed by atoms with Crippen molar-refractivity contribution in [1.82, 2.24) is 5.32 Å². The highest BCUT2D eigenvalue weighted by atomic mass is 32.1. The molecule has 0 aliphatic carbocycles. The van der Waals surface area contributed by atoms with Gasteiger partial charge in [-0.1, -0.05) is 81.4 Å². The maximum absolute atomic E-state index is 13.4. The van der Waals surface area contributed by atoms with E-state index in [2.05, 4.69) is 112 Å². The molecule has 0 heterocycles. The van der Waals surface area contributed by atoms with Gasteiger partial charge in [-0.3, -0.25) is 0 Å². The predicted octanol–water partition coefficient (Wildman–Crippen LogP) is 7.02. The van der Waals surface area contributed by atoms with Crippen LogP contribution < -0.4 is 21.2 Å². The number of hydrogen-bond acceptors (Lipinski definition) is 2. The molecule has 0 unspecified atom stereocenters. The molecule has 192 valence electrons. The predicted molar refractivity (Wildman–Crippen MR) is 161 cm³/mol. The van der Waals surface area contributed by atoms with Gasteiger partial charge < -0.3 is 15.1 Å². The first-order valence-electron chi connectivity index (χ1n) is 12.3. The summed E-state index contributed by atoms with van der Waals surface area (Å²) < 4.78 is 20.2. The van der Waals surface area contributed by atoms with E-state index in [1.165, 1.54) is 22.7 Å². The van der Waals surface area contributed by atoms with E-state index >= 15 is 0 Å². The quantitative estimate of drug-likeness (QED) is 0.174. The van der Waals surface area contributed by atoms with Gasteiger partial charge in [0.2, 0.25) is 0 Å². The Morgan fingerprint density at radius 2 is 1.42 bits per heavy atom. The standard InChI is InChI=1S/C29H38FN2OPSSi/c1-22(33-36(5,6)29(2,3)4)27(32-28(35)31-24-19-17-23(30)18-20-24)21-34(25-13-9-7-10-14-25)26-15-11-8-12-16-26/h7-20,22,27H,21H2,1-6H3,(H2,31,32,35)/t22-,27-/m1/s1. The summed E-state index contributed by atoms with van der Waals surface area (Å²) in [7, 11) is -2.66. The normalized spacial score (nSPS) is 13.8. The first-order chi connectivity index (χ1) is 17.0. The van der Waals surface area contributed by atoms with Gasteiger partial charge in [-0.05, 0) is 86.2 Å². The molecule has 36 heavy (non-hydrogen) atoms.